The predicted molar refractivity (Wildman–Crippen MR) is 112 cm³/mol. The minimum Gasteiger partial charge on any atom is -0.493 e. The maximum absolute atomic E-state index is 12.7. The lowest BCUT2D eigenvalue weighted by atomic mass is 10.1. The molecule has 8 heteroatoms. The van der Waals surface area contributed by atoms with Gasteiger partial charge in [0.2, 0.25) is 5.91 Å². The molecule has 0 unspecified atom stereocenters. The molecule has 0 aromatic heterocycles. The van der Waals surface area contributed by atoms with Crippen molar-refractivity contribution in [3.8, 4) is 11.5 Å². The van der Waals surface area contributed by atoms with Crippen LogP contribution in [0.4, 0.5) is 10.5 Å². The molecule has 1 saturated heterocycles. The van der Waals surface area contributed by atoms with Crippen LogP contribution < -0.4 is 20.1 Å². The highest BCUT2D eigenvalue weighted by Crippen LogP contribution is 2.31. The van der Waals surface area contributed by atoms with E-state index in [-0.39, 0.29) is 12.2 Å². The zero-order chi connectivity index (χ0) is 21.8. The van der Waals surface area contributed by atoms with Crippen molar-refractivity contribution in [2.45, 2.75) is 13.8 Å². The van der Waals surface area contributed by atoms with Gasteiger partial charge in [0.25, 0.3) is 5.91 Å². The molecule has 1 fully saturated rings. The van der Waals surface area contributed by atoms with E-state index in [0.29, 0.717) is 22.7 Å². The zero-order valence-corrected chi connectivity index (χ0v) is 17.2. The van der Waals surface area contributed by atoms with Crippen LogP contribution in [-0.2, 0) is 9.59 Å². The van der Waals surface area contributed by atoms with Gasteiger partial charge in [0.1, 0.15) is 12.2 Å². The molecule has 1 aliphatic heterocycles. The standard InChI is InChI=1S/C22H23N3O5/c1-13-5-7-16(8-6-13)23-20(26)12-25-21(27)17(24-22(25)28)10-15-11-19(30-4)18(29-3)9-14(15)2/h5-11H,12H2,1-4H3,(H,23,26)(H,24,28)/b17-10-. The monoisotopic (exact) mass is 409 g/mol. The first-order valence-electron chi connectivity index (χ1n) is 9.26. The minimum atomic E-state index is -0.650. The molecule has 1 heterocycles. The van der Waals surface area contributed by atoms with Crippen molar-refractivity contribution in [1.82, 2.24) is 10.2 Å². The number of nitrogens with one attached hydrogen (secondary N) is 2. The number of carbonyl (C=O) groups excluding carboxylic acids is 3. The van der Waals surface area contributed by atoms with Crippen molar-refractivity contribution < 1.29 is 23.9 Å². The number of carbonyl (C=O) groups is 3. The number of urea groups is 1. The Kier molecular flexibility index (Phi) is 6.06. The predicted octanol–water partition coefficient (Wildman–Crippen LogP) is 2.85. The number of anilines is 1. The van der Waals surface area contributed by atoms with Crippen molar-refractivity contribution in [2.24, 2.45) is 0 Å². The quantitative estimate of drug-likeness (QED) is 0.565. The highest BCUT2D eigenvalue weighted by Gasteiger charge is 2.35. The van der Waals surface area contributed by atoms with Gasteiger partial charge in [-0.15, -0.1) is 0 Å². The van der Waals surface area contributed by atoms with Crippen LogP contribution in [0, 0.1) is 13.8 Å². The van der Waals surface area contributed by atoms with Gasteiger partial charge in [-0.05, 0) is 55.3 Å². The third-order valence-corrected chi connectivity index (χ3v) is 4.67. The SMILES string of the molecule is COc1cc(C)c(/C=C2\NC(=O)N(CC(=O)Nc3ccc(C)cc3)C2=O)cc1OC. The summed E-state index contributed by atoms with van der Waals surface area (Å²) in [6.07, 6.45) is 1.55. The molecule has 0 aliphatic carbocycles. The van der Waals surface area contributed by atoms with Gasteiger partial charge in [0.05, 0.1) is 14.2 Å². The molecular formula is C22H23N3O5. The van der Waals surface area contributed by atoms with Gasteiger partial charge in [-0.1, -0.05) is 17.7 Å². The summed E-state index contributed by atoms with van der Waals surface area (Å²) in [4.78, 5) is 38.1. The lowest BCUT2D eigenvalue weighted by Gasteiger charge is -2.12. The second-order valence-corrected chi connectivity index (χ2v) is 6.86. The van der Waals surface area contributed by atoms with Gasteiger partial charge in [-0.3, -0.25) is 9.59 Å². The van der Waals surface area contributed by atoms with Crippen molar-refractivity contribution in [2.75, 3.05) is 26.1 Å². The summed E-state index contributed by atoms with van der Waals surface area (Å²) in [5, 5.41) is 5.19. The molecule has 2 aromatic carbocycles. The van der Waals surface area contributed by atoms with Crippen LogP contribution in [0.1, 0.15) is 16.7 Å². The fraction of sp³-hybridized carbons (Fsp3) is 0.227. The van der Waals surface area contributed by atoms with Gasteiger partial charge >= 0.3 is 6.03 Å². The molecule has 3 rings (SSSR count). The normalized spacial score (nSPS) is 14.7. The van der Waals surface area contributed by atoms with Gasteiger partial charge in [0.15, 0.2) is 11.5 Å². The summed E-state index contributed by atoms with van der Waals surface area (Å²) in [7, 11) is 3.05. The molecule has 30 heavy (non-hydrogen) atoms. The van der Waals surface area contributed by atoms with Crippen LogP contribution in [0.3, 0.4) is 0 Å². The maximum Gasteiger partial charge on any atom is 0.329 e. The number of benzene rings is 2. The average Bonchev–Trinajstić information content (AvgIpc) is 2.98. The Bertz CT molecular complexity index is 1030. The minimum absolute atomic E-state index is 0.0819. The lowest BCUT2D eigenvalue weighted by Crippen LogP contribution is -2.38. The summed E-state index contributed by atoms with van der Waals surface area (Å²) in [5.74, 6) is 0.0218. The van der Waals surface area contributed by atoms with Gasteiger partial charge < -0.3 is 20.1 Å². The highest BCUT2D eigenvalue weighted by atomic mass is 16.5. The number of nitrogens with zero attached hydrogens (tertiary/aromatic N) is 1. The van der Waals surface area contributed by atoms with E-state index < -0.39 is 17.8 Å². The van der Waals surface area contributed by atoms with E-state index in [1.165, 1.54) is 14.2 Å². The molecule has 156 valence electrons. The molecular weight excluding hydrogens is 386 g/mol. The molecule has 4 amide bonds. The fourth-order valence-electron chi connectivity index (χ4n) is 3.00. The van der Waals surface area contributed by atoms with Crippen LogP contribution in [0.15, 0.2) is 42.1 Å². The zero-order valence-electron chi connectivity index (χ0n) is 17.2. The number of rotatable bonds is 6. The number of methoxy groups -OCH3 is 2. The second-order valence-electron chi connectivity index (χ2n) is 6.86. The molecule has 0 radical (unpaired) electrons. The third kappa shape index (κ3) is 4.43. The molecule has 8 nitrogen and oxygen atoms in total. The summed E-state index contributed by atoms with van der Waals surface area (Å²) in [6.45, 7) is 3.40. The number of hydrogen-bond acceptors (Lipinski definition) is 5. The summed E-state index contributed by atoms with van der Waals surface area (Å²) < 4.78 is 10.6. The van der Waals surface area contributed by atoms with E-state index in [2.05, 4.69) is 10.6 Å². The first-order valence-corrected chi connectivity index (χ1v) is 9.26. The Hall–Kier alpha value is -3.81. The summed E-state index contributed by atoms with van der Waals surface area (Å²) >= 11 is 0. The van der Waals surface area contributed by atoms with E-state index >= 15 is 0 Å². The second kappa shape index (κ2) is 8.69. The lowest BCUT2D eigenvalue weighted by molar-refractivity contribution is -0.127. The molecule has 2 N–H and O–H groups in total. The molecule has 2 aromatic rings. The number of imide groups is 1. The summed E-state index contributed by atoms with van der Waals surface area (Å²) in [6, 6.07) is 10.1. The van der Waals surface area contributed by atoms with E-state index in [0.717, 1.165) is 16.0 Å². The topological polar surface area (TPSA) is 97.0 Å². The largest absolute Gasteiger partial charge is 0.493 e. The number of ether oxygens (including phenoxy) is 2. The Balaban J connectivity index is 1.76. The average molecular weight is 409 g/mol. The number of aryl methyl sites for hydroxylation is 2. The smallest absolute Gasteiger partial charge is 0.329 e. The van der Waals surface area contributed by atoms with Crippen molar-refractivity contribution in [1.29, 1.82) is 0 Å². The van der Waals surface area contributed by atoms with E-state index in [9.17, 15) is 14.4 Å². The number of amides is 4. The summed E-state index contributed by atoms with van der Waals surface area (Å²) in [5.41, 5.74) is 3.25. The van der Waals surface area contributed by atoms with E-state index in [4.69, 9.17) is 9.47 Å². The van der Waals surface area contributed by atoms with Crippen molar-refractivity contribution >= 4 is 29.6 Å². The maximum atomic E-state index is 12.7. The molecule has 0 saturated carbocycles. The van der Waals surface area contributed by atoms with Crippen LogP contribution in [0.5, 0.6) is 11.5 Å². The molecule has 0 spiro atoms. The Morgan fingerprint density at radius 3 is 2.33 bits per heavy atom. The van der Waals surface area contributed by atoms with Crippen molar-refractivity contribution in [3.63, 3.8) is 0 Å². The first kappa shape index (κ1) is 20.9. The number of hydrogen-bond donors (Lipinski definition) is 2. The van der Waals surface area contributed by atoms with Gasteiger partial charge in [-0.2, -0.15) is 0 Å². The highest BCUT2D eigenvalue weighted by molar-refractivity contribution is 6.16. The Labute approximate surface area is 174 Å². The van der Waals surface area contributed by atoms with Crippen LogP contribution in [-0.4, -0.2) is 43.5 Å². The Morgan fingerprint density at radius 2 is 1.70 bits per heavy atom. The van der Waals surface area contributed by atoms with E-state index in [1.807, 2.05) is 26.0 Å². The van der Waals surface area contributed by atoms with Crippen LogP contribution >= 0.6 is 0 Å². The van der Waals surface area contributed by atoms with Gasteiger partial charge in [0, 0.05) is 5.69 Å². The van der Waals surface area contributed by atoms with Crippen LogP contribution in [0.2, 0.25) is 0 Å². The molecule has 1 aliphatic rings. The first-order chi connectivity index (χ1) is 14.3. The molecule has 0 bridgehead atoms. The third-order valence-electron chi connectivity index (χ3n) is 4.67. The van der Waals surface area contributed by atoms with E-state index in [1.54, 1.807) is 30.3 Å². The van der Waals surface area contributed by atoms with Crippen molar-refractivity contribution in [3.05, 3.63) is 58.8 Å². The Morgan fingerprint density at radius 1 is 1.07 bits per heavy atom. The fourth-order valence-corrected chi connectivity index (χ4v) is 3.00. The van der Waals surface area contributed by atoms with Gasteiger partial charge in [-0.25, -0.2) is 9.69 Å². The van der Waals surface area contributed by atoms with Crippen LogP contribution in [0.25, 0.3) is 6.08 Å². The molecule has 0 atom stereocenters.